The molecule has 0 aliphatic heterocycles. The second-order valence-electron chi connectivity index (χ2n) is 7.56. The number of nitrogen functional groups attached to an aromatic ring is 1. The van der Waals surface area contributed by atoms with Crippen molar-refractivity contribution in [2.75, 3.05) is 16.4 Å². The maximum absolute atomic E-state index is 12.7. The molecule has 0 saturated heterocycles. The van der Waals surface area contributed by atoms with Gasteiger partial charge in [-0.2, -0.15) is 15.0 Å². The van der Waals surface area contributed by atoms with E-state index >= 15 is 0 Å². The van der Waals surface area contributed by atoms with Crippen LogP contribution in [-0.2, 0) is 10.5 Å². The van der Waals surface area contributed by atoms with Gasteiger partial charge in [-0.05, 0) is 43.0 Å². The van der Waals surface area contributed by atoms with Crippen LogP contribution in [0, 0.1) is 6.92 Å². The SMILES string of the molecule is Cc1ccccc1Nc1nc(N)nc(CSC(C)C(=O)Nc2ccccc2C(C)C)n1. The topological polar surface area (TPSA) is 106 Å². The molecule has 1 aromatic heterocycles. The zero-order valence-electron chi connectivity index (χ0n) is 18.2. The number of para-hydroxylation sites is 2. The molecule has 4 N–H and O–H groups in total. The van der Waals surface area contributed by atoms with Gasteiger partial charge in [0.1, 0.15) is 5.82 Å². The number of nitrogens with one attached hydrogen (secondary N) is 2. The van der Waals surface area contributed by atoms with Crippen molar-refractivity contribution < 1.29 is 4.79 Å². The summed E-state index contributed by atoms with van der Waals surface area (Å²) in [6, 6.07) is 15.7. The van der Waals surface area contributed by atoms with Gasteiger partial charge in [-0.3, -0.25) is 4.79 Å². The van der Waals surface area contributed by atoms with E-state index in [1.54, 1.807) is 0 Å². The fourth-order valence-corrected chi connectivity index (χ4v) is 3.75. The van der Waals surface area contributed by atoms with Crippen LogP contribution >= 0.6 is 11.8 Å². The Morgan fingerprint density at radius 2 is 1.68 bits per heavy atom. The summed E-state index contributed by atoms with van der Waals surface area (Å²) >= 11 is 1.45. The van der Waals surface area contributed by atoms with Gasteiger partial charge in [0.2, 0.25) is 17.8 Å². The van der Waals surface area contributed by atoms with Crippen LogP contribution < -0.4 is 16.4 Å². The Balaban J connectivity index is 1.63. The van der Waals surface area contributed by atoms with E-state index in [1.807, 2.05) is 62.4 Å². The summed E-state index contributed by atoms with van der Waals surface area (Å²) in [5.74, 6) is 1.77. The van der Waals surface area contributed by atoms with E-state index in [0.717, 1.165) is 22.5 Å². The maximum Gasteiger partial charge on any atom is 0.237 e. The average Bonchev–Trinajstić information content (AvgIpc) is 2.73. The van der Waals surface area contributed by atoms with Gasteiger partial charge in [0.15, 0.2) is 0 Å². The van der Waals surface area contributed by atoms with Gasteiger partial charge < -0.3 is 16.4 Å². The fourth-order valence-electron chi connectivity index (χ4n) is 3.02. The molecule has 1 unspecified atom stereocenters. The second-order valence-corrected chi connectivity index (χ2v) is 8.89. The predicted molar refractivity (Wildman–Crippen MR) is 129 cm³/mol. The molecule has 1 amide bonds. The summed E-state index contributed by atoms with van der Waals surface area (Å²) in [7, 11) is 0. The van der Waals surface area contributed by atoms with E-state index in [4.69, 9.17) is 5.73 Å². The lowest BCUT2D eigenvalue weighted by molar-refractivity contribution is -0.115. The Morgan fingerprint density at radius 3 is 2.39 bits per heavy atom. The van der Waals surface area contributed by atoms with E-state index in [2.05, 4.69) is 39.4 Å². The Labute approximate surface area is 187 Å². The normalized spacial score (nSPS) is 11.9. The highest BCUT2D eigenvalue weighted by atomic mass is 32.2. The second kappa shape index (κ2) is 10.3. The van der Waals surface area contributed by atoms with Gasteiger partial charge in [0, 0.05) is 11.4 Å². The molecule has 1 atom stereocenters. The summed E-state index contributed by atoms with van der Waals surface area (Å²) < 4.78 is 0. The lowest BCUT2D eigenvalue weighted by atomic mass is 10.0. The van der Waals surface area contributed by atoms with Gasteiger partial charge in [0.25, 0.3) is 0 Å². The quantitative estimate of drug-likeness (QED) is 0.461. The number of hydrogen-bond acceptors (Lipinski definition) is 7. The molecule has 0 aliphatic rings. The van der Waals surface area contributed by atoms with E-state index in [9.17, 15) is 4.79 Å². The van der Waals surface area contributed by atoms with Gasteiger partial charge in [-0.25, -0.2) is 0 Å². The molecule has 0 aliphatic carbocycles. The number of aromatic nitrogens is 3. The largest absolute Gasteiger partial charge is 0.368 e. The van der Waals surface area contributed by atoms with Crippen LogP contribution in [0.4, 0.5) is 23.3 Å². The van der Waals surface area contributed by atoms with Crippen molar-refractivity contribution in [3.8, 4) is 0 Å². The first-order valence-corrected chi connectivity index (χ1v) is 11.2. The molecule has 0 bridgehead atoms. The highest BCUT2D eigenvalue weighted by Crippen LogP contribution is 2.25. The summed E-state index contributed by atoms with van der Waals surface area (Å²) in [6.45, 7) is 8.09. The zero-order chi connectivity index (χ0) is 22.4. The third kappa shape index (κ3) is 6.18. The molecular weight excluding hydrogens is 408 g/mol. The van der Waals surface area contributed by atoms with Crippen LogP contribution in [0.1, 0.15) is 43.6 Å². The number of nitrogens with zero attached hydrogens (tertiary/aromatic N) is 3. The van der Waals surface area contributed by atoms with Crippen LogP contribution in [0.3, 0.4) is 0 Å². The number of hydrogen-bond donors (Lipinski definition) is 3. The summed E-state index contributed by atoms with van der Waals surface area (Å²) in [5.41, 5.74) is 9.82. The van der Waals surface area contributed by atoms with Crippen LogP contribution in [0.25, 0.3) is 0 Å². The van der Waals surface area contributed by atoms with Crippen molar-refractivity contribution in [3.63, 3.8) is 0 Å². The lowest BCUT2D eigenvalue weighted by Crippen LogP contribution is -2.23. The number of aryl methyl sites for hydroxylation is 1. The minimum atomic E-state index is -0.286. The molecule has 2 aromatic carbocycles. The fraction of sp³-hybridized carbons (Fsp3) is 0.304. The molecule has 0 fully saturated rings. The first kappa shape index (κ1) is 22.6. The summed E-state index contributed by atoms with van der Waals surface area (Å²) in [6.07, 6.45) is 0. The van der Waals surface area contributed by atoms with Crippen molar-refractivity contribution in [2.24, 2.45) is 0 Å². The van der Waals surface area contributed by atoms with Crippen molar-refractivity contribution >= 4 is 40.9 Å². The third-order valence-corrected chi connectivity index (χ3v) is 5.90. The summed E-state index contributed by atoms with van der Waals surface area (Å²) in [5, 5.41) is 5.94. The van der Waals surface area contributed by atoms with Gasteiger partial charge >= 0.3 is 0 Å². The number of carbonyl (C=O) groups is 1. The summed E-state index contributed by atoms with van der Waals surface area (Å²) in [4.78, 5) is 25.5. The van der Waals surface area contributed by atoms with E-state index in [-0.39, 0.29) is 17.1 Å². The molecule has 162 valence electrons. The molecule has 8 heteroatoms. The first-order chi connectivity index (χ1) is 14.8. The van der Waals surface area contributed by atoms with Gasteiger partial charge in [-0.1, -0.05) is 50.2 Å². The van der Waals surface area contributed by atoms with Crippen molar-refractivity contribution in [1.82, 2.24) is 15.0 Å². The Bertz CT molecular complexity index is 1060. The smallest absolute Gasteiger partial charge is 0.237 e. The average molecular weight is 437 g/mol. The van der Waals surface area contributed by atoms with Crippen molar-refractivity contribution in [2.45, 2.75) is 44.6 Å². The lowest BCUT2D eigenvalue weighted by Gasteiger charge is -2.16. The Kier molecular flexibility index (Phi) is 7.46. The molecule has 0 saturated carbocycles. The number of nitrogens with two attached hydrogens (primary N) is 1. The Hall–Kier alpha value is -3.13. The van der Waals surface area contributed by atoms with Crippen LogP contribution in [-0.4, -0.2) is 26.1 Å². The number of carbonyl (C=O) groups excluding carboxylic acids is 1. The standard InChI is InChI=1S/C23H28N6OS/c1-14(2)17-10-6-8-12-19(17)25-21(30)16(4)31-13-20-27-22(24)29-23(28-20)26-18-11-7-5-9-15(18)3/h5-12,14,16H,13H2,1-4H3,(H,25,30)(H3,24,26,27,28,29). The van der Waals surface area contributed by atoms with Crippen molar-refractivity contribution in [1.29, 1.82) is 0 Å². The van der Waals surface area contributed by atoms with Gasteiger partial charge in [0.05, 0.1) is 11.0 Å². The molecular formula is C23H28N6OS. The highest BCUT2D eigenvalue weighted by molar-refractivity contribution is 7.99. The number of thioether (sulfide) groups is 1. The van der Waals surface area contributed by atoms with Crippen molar-refractivity contribution in [3.05, 3.63) is 65.5 Å². The molecule has 0 spiro atoms. The molecule has 3 aromatic rings. The van der Waals surface area contributed by atoms with E-state index < -0.39 is 0 Å². The number of rotatable bonds is 8. The number of anilines is 4. The van der Waals surface area contributed by atoms with E-state index in [0.29, 0.717) is 23.4 Å². The minimum absolute atomic E-state index is 0.0570. The molecule has 7 nitrogen and oxygen atoms in total. The van der Waals surface area contributed by atoms with E-state index in [1.165, 1.54) is 11.8 Å². The van der Waals surface area contributed by atoms with Crippen LogP contribution in [0.15, 0.2) is 48.5 Å². The van der Waals surface area contributed by atoms with Crippen LogP contribution in [0.5, 0.6) is 0 Å². The first-order valence-electron chi connectivity index (χ1n) is 10.2. The maximum atomic E-state index is 12.7. The zero-order valence-corrected chi connectivity index (χ0v) is 19.0. The molecule has 3 rings (SSSR count). The monoisotopic (exact) mass is 436 g/mol. The number of amides is 1. The minimum Gasteiger partial charge on any atom is -0.368 e. The predicted octanol–water partition coefficient (Wildman–Crippen LogP) is 4.89. The Morgan fingerprint density at radius 1 is 1.00 bits per heavy atom. The molecule has 1 heterocycles. The number of benzene rings is 2. The third-order valence-electron chi connectivity index (χ3n) is 4.76. The molecule has 31 heavy (non-hydrogen) atoms. The highest BCUT2D eigenvalue weighted by Gasteiger charge is 2.17. The van der Waals surface area contributed by atoms with Crippen LogP contribution in [0.2, 0.25) is 0 Å². The molecule has 0 radical (unpaired) electrons. The van der Waals surface area contributed by atoms with Gasteiger partial charge in [-0.15, -0.1) is 11.8 Å².